The zero-order valence-corrected chi connectivity index (χ0v) is 7.06. The molecule has 0 spiro atoms. The van der Waals surface area contributed by atoms with Gasteiger partial charge in [0.15, 0.2) is 0 Å². The second-order valence-corrected chi connectivity index (χ2v) is 0. The van der Waals surface area contributed by atoms with E-state index in [2.05, 4.69) is 0 Å². The van der Waals surface area contributed by atoms with Gasteiger partial charge in [0.05, 0.1) is 0 Å². The standard InChI is InChI=1S/C.Hf.O.Ti. The average molecular weight is 254 g/mol. The van der Waals surface area contributed by atoms with E-state index in [-0.39, 0.29) is 60.5 Å². The summed E-state index contributed by atoms with van der Waals surface area (Å²) in [5.74, 6) is 0. The van der Waals surface area contributed by atoms with Crippen LogP contribution in [0.1, 0.15) is 0 Å². The monoisotopic (exact) mass is 256 g/mol. The van der Waals surface area contributed by atoms with Crippen molar-refractivity contribution in [3.63, 3.8) is 0 Å². The molecule has 0 bridgehead atoms. The van der Waals surface area contributed by atoms with Gasteiger partial charge in [-0.05, 0) is 0 Å². The Balaban J connectivity index is 0. The molecule has 0 unspecified atom stereocenters. The van der Waals surface area contributed by atoms with E-state index in [4.69, 9.17) is 0 Å². The van der Waals surface area contributed by atoms with E-state index in [1.165, 1.54) is 0 Å². The van der Waals surface area contributed by atoms with Gasteiger partial charge in [0, 0.05) is 60.5 Å². The third kappa shape index (κ3) is 9.62. The van der Waals surface area contributed by atoms with Crippen molar-refractivity contribution in [1.29, 1.82) is 0 Å². The molecular weight excluding hydrogens is 254 g/mol. The first-order valence-corrected chi connectivity index (χ1v) is 0. The third-order valence-electron chi connectivity index (χ3n) is 0. The molecule has 0 aromatic rings. The molecule has 6 radical (unpaired) electrons. The van der Waals surface area contributed by atoms with Crippen LogP contribution < -0.4 is 0 Å². The van der Waals surface area contributed by atoms with Gasteiger partial charge >= 0.3 is 0 Å². The zero-order valence-electron chi connectivity index (χ0n) is 1.91. The molecule has 0 heterocycles. The van der Waals surface area contributed by atoms with Gasteiger partial charge in [0.1, 0.15) is 0 Å². The van der Waals surface area contributed by atoms with Crippen LogP contribution in [0, 0.1) is 7.43 Å². The summed E-state index contributed by atoms with van der Waals surface area (Å²) in [6.45, 7) is 0. The summed E-state index contributed by atoms with van der Waals surface area (Å²) < 4.78 is 0. The second-order valence-electron chi connectivity index (χ2n) is 0. The van der Waals surface area contributed by atoms with Gasteiger partial charge in [-0.1, -0.05) is 0 Å². The summed E-state index contributed by atoms with van der Waals surface area (Å²) in [4.78, 5) is 0. The Labute approximate surface area is 60.1 Å². The van der Waals surface area contributed by atoms with Crippen LogP contribution >= 0.6 is 0 Å². The van der Waals surface area contributed by atoms with Gasteiger partial charge < -0.3 is 0 Å². The maximum Gasteiger partial charge on any atom is 0 e. The fourth-order valence-electron chi connectivity index (χ4n) is 0. The first-order chi connectivity index (χ1) is 0. The molecule has 0 aromatic carbocycles. The van der Waals surface area contributed by atoms with Gasteiger partial charge in [-0.3, -0.25) is 0 Å². The molecule has 0 saturated heterocycles. The summed E-state index contributed by atoms with van der Waals surface area (Å²) in [6.07, 6.45) is 0. The van der Waals surface area contributed by atoms with E-state index < -0.39 is 0 Å². The fraction of sp³-hybridized carbons (Fsp3) is 0. The van der Waals surface area contributed by atoms with Crippen molar-refractivity contribution in [3.8, 4) is 0 Å². The van der Waals surface area contributed by atoms with Gasteiger partial charge in [-0.15, -0.1) is 0 Å². The van der Waals surface area contributed by atoms with Gasteiger partial charge in [0.25, 0.3) is 0 Å². The van der Waals surface area contributed by atoms with Crippen molar-refractivity contribution in [2.24, 2.45) is 0 Å². The van der Waals surface area contributed by atoms with Crippen LogP contribution in [0.15, 0.2) is 0 Å². The van der Waals surface area contributed by atoms with Crippen molar-refractivity contribution in [2.75, 3.05) is 0 Å². The first kappa shape index (κ1) is 48.0. The molecule has 0 amide bonds. The number of rotatable bonds is 0. The van der Waals surface area contributed by atoms with E-state index in [1.807, 2.05) is 0 Å². The molecule has 18 valence electrons. The van der Waals surface area contributed by atoms with Crippen molar-refractivity contribution >= 4 is 0 Å². The smallest absolute Gasteiger partial charge is 0 e. The topological polar surface area (TPSA) is 28.5 Å². The normalized spacial score (nSPS) is 0. The average Bonchev–Trinajstić information content (AvgIpc) is 0. The van der Waals surface area contributed by atoms with Crippen LogP contribution in [0.3, 0.4) is 0 Å². The molecule has 0 saturated carbocycles. The first-order valence-electron chi connectivity index (χ1n) is 0. The Morgan fingerprint density at radius 1 is 1.00 bits per heavy atom. The minimum Gasteiger partial charge on any atom is 0 e. The zero-order chi connectivity index (χ0) is 0. The molecule has 0 N–H and O–H groups in total. The minimum absolute atomic E-state index is 0. The summed E-state index contributed by atoms with van der Waals surface area (Å²) in [5.41, 5.74) is 0. The Kier molecular flexibility index (Phi) is 287. The quantitative estimate of drug-likeness (QED) is 0.543. The molecule has 0 aliphatic heterocycles. The van der Waals surface area contributed by atoms with Gasteiger partial charge in [-0.25, -0.2) is 0 Å². The van der Waals surface area contributed by atoms with Gasteiger partial charge in [-0.2, -0.15) is 0 Å². The van der Waals surface area contributed by atoms with E-state index in [9.17, 15) is 0 Å². The Morgan fingerprint density at radius 3 is 1.00 bits per heavy atom. The molecule has 0 rings (SSSR count). The van der Waals surface area contributed by atoms with E-state index in [0.29, 0.717) is 0 Å². The van der Waals surface area contributed by atoms with Crippen molar-refractivity contribution < 1.29 is 53.0 Å². The SMILES string of the molecule is [C].[Hf].[O].[Ti]. The van der Waals surface area contributed by atoms with Crippen LogP contribution in [0.5, 0.6) is 0 Å². The van der Waals surface area contributed by atoms with Crippen LogP contribution in [0.25, 0.3) is 0 Å². The largest absolute Gasteiger partial charge is 0 e. The van der Waals surface area contributed by atoms with Crippen LogP contribution in [0.4, 0.5) is 0 Å². The van der Waals surface area contributed by atoms with Crippen LogP contribution in [-0.4, -0.2) is 0 Å². The molecule has 0 aliphatic carbocycles. The van der Waals surface area contributed by atoms with Crippen molar-refractivity contribution in [3.05, 3.63) is 7.43 Å². The van der Waals surface area contributed by atoms with Gasteiger partial charge in [0.2, 0.25) is 0 Å². The molecular formula is CHfOTi. The van der Waals surface area contributed by atoms with Crippen LogP contribution in [-0.2, 0) is 53.0 Å². The second kappa shape index (κ2) is 23.9. The molecule has 1 nitrogen and oxygen atoms in total. The Hall–Kier alpha value is 1.54. The number of hydrogen-bond acceptors (Lipinski definition) is 0. The summed E-state index contributed by atoms with van der Waals surface area (Å²) >= 11 is 0. The fourth-order valence-corrected chi connectivity index (χ4v) is 0. The van der Waals surface area contributed by atoms with E-state index >= 15 is 0 Å². The minimum atomic E-state index is 0. The van der Waals surface area contributed by atoms with E-state index in [0.717, 1.165) is 0 Å². The molecule has 0 aromatic heterocycles. The molecule has 4 heavy (non-hydrogen) atoms. The molecule has 0 aliphatic rings. The summed E-state index contributed by atoms with van der Waals surface area (Å²) in [6, 6.07) is 0. The maximum atomic E-state index is 0. The predicted octanol–water partition coefficient (Wildman–Crippen LogP) is -0.0425. The Morgan fingerprint density at radius 2 is 1.00 bits per heavy atom. The third-order valence-corrected chi connectivity index (χ3v) is 0. The number of hydrogen-bond donors (Lipinski definition) is 0. The molecule has 0 fully saturated rings. The molecule has 3 heteroatoms. The van der Waals surface area contributed by atoms with Crippen LogP contribution in [0.2, 0.25) is 0 Å². The predicted molar refractivity (Wildman–Crippen MR) is 3.93 cm³/mol. The summed E-state index contributed by atoms with van der Waals surface area (Å²) in [5, 5.41) is 0. The van der Waals surface area contributed by atoms with Crippen molar-refractivity contribution in [1.82, 2.24) is 0 Å². The Bertz CT molecular complexity index is 8.00. The summed E-state index contributed by atoms with van der Waals surface area (Å²) in [7, 11) is 0. The van der Waals surface area contributed by atoms with Crippen molar-refractivity contribution in [2.45, 2.75) is 0 Å². The molecule has 0 atom stereocenters. The van der Waals surface area contributed by atoms with E-state index in [1.54, 1.807) is 0 Å². The maximum absolute atomic E-state index is 0.